The topological polar surface area (TPSA) is 114 Å². The van der Waals surface area contributed by atoms with Crippen LogP contribution in [0, 0.1) is 0 Å². The van der Waals surface area contributed by atoms with Crippen LogP contribution in [0.25, 0.3) is 0 Å². The Morgan fingerprint density at radius 1 is 0.806 bits per heavy atom. The molecule has 0 radical (unpaired) electrons. The van der Waals surface area contributed by atoms with E-state index in [1.807, 2.05) is 30.3 Å². The molecule has 5 atom stereocenters. The molecule has 0 saturated carbocycles. The summed E-state index contributed by atoms with van der Waals surface area (Å²) in [6.07, 6.45) is -4.11. The molecule has 1 saturated heterocycles. The van der Waals surface area contributed by atoms with Crippen molar-refractivity contribution in [3.8, 4) is 0 Å². The van der Waals surface area contributed by atoms with Gasteiger partial charge in [-0.2, -0.15) is 0 Å². The van der Waals surface area contributed by atoms with Gasteiger partial charge in [-0.3, -0.25) is 0 Å². The fourth-order valence-electron chi connectivity index (χ4n) is 3.08. The minimum absolute atomic E-state index is 0.213. The van der Waals surface area contributed by atoms with Crippen molar-refractivity contribution in [3.63, 3.8) is 0 Å². The van der Waals surface area contributed by atoms with E-state index in [1.54, 1.807) is 0 Å². The van der Waals surface area contributed by atoms with Crippen LogP contribution in [0.15, 0.2) is 30.3 Å². The summed E-state index contributed by atoms with van der Waals surface area (Å²) in [4.78, 5) is 46.7. The number of esters is 4. The van der Waals surface area contributed by atoms with Gasteiger partial charge in [0.15, 0.2) is 0 Å². The molecule has 0 aliphatic carbocycles. The van der Waals surface area contributed by atoms with E-state index >= 15 is 0 Å². The van der Waals surface area contributed by atoms with Crippen molar-refractivity contribution >= 4 is 38.8 Å². The van der Waals surface area contributed by atoms with Gasteiger partial charge in [-0.1, -0.05) is 0 Å². The van der Waals surface area contributed by atoms with Crippen LogP contribution in [0.1, 0.15) is 33.3 Å². The Labute approximate surface area is 186 Å². The van der Waals surface area contributed by atoms with Crippen molar-refractivity contribution in [1.82, 2.24) is 0 Å². The average molecular weight is 501 g/mol. The van der Waals surface area contributed by atoms with Gasteiger partial charge in [0.25, 0.3) is 0 Å². The number of carbonyl (C=O) groups is 4. The summed E-state index contributed by atoms with van der Waals surface area (Å²) in [5.41, 5.74) is 1.07. The third-order valence-corrected chi connectivity index (χ3v) is 6.74. The van der Waals surface area contributed by atoms with Gasteiger partial charge in [-0.05, 0) is 0 Å². The van der Waals surface area contributed by atoms with Crippen molar-refractivity contribution < 1.29 is 42.9 Å². The van der Waals surface area contributed by atoms with Gasteiger partial charge in [0.1, 0.15) is 0 Å². The zero-order valence-corrected chi connectivity index (χ0v) is 19.5. The van der Waals surface area contributed by atoms with Gasteiger partial charge in [0.2, 0.25) is 0 Å². The van der Waals surface area contributed by atoms with E-state index in [2.05, 4.69) is 0 Å². The molecule has 1 aromatic rings. The summed E-state index contributed by atoms with van der Waals surface area (Å²) in [6.45, 7) is 4.66. The maximum atomic E-state index is 11.8. The molecule has 0 bridgehead atoms. The summed E-state index contributed by atoms with van der Waals surface area (Å²) in [6, 6.07) is 9.67. The Kier molecular flexibility index (Phi) is 9.48. The van der Waals surface area contributed by atoms with E-state index in [0.717, 1.165) is 5.56 Å². The molecule has 0 N–H and O–H groups in total. The van der Waals surface area contributed by atoms with Crippen LogP contribution in [0.3, 0.4) is 0 Å². The molecular formula is C21H26O9Se. The molecule has 170 valence electrons. The molecule has 10 heteroatoms. The first-order valence-corrected chi connectivity index (χ1v) is 11.8. The van der Waals surface area contributed by atoms with E-state index in [-0.39, 0.29) is 21.6 Å². The molecule has 1 aliphatic heterocycles. The Hall–Kier alpha value is -2.42. The fraction of sp³-hybridized carbons (Fsp3) is 0.524. The third kappa shape index (κ3) is 7.97. The maximum absolute atomic E-state index is 11.8. The zero-order chi connectivity index (χ0) is 23.0. The summed E-state index contributed by atoms with van der Waals surface area (Å²) in [7, 11) is 0. The van der Waals surface area contributed by atoms with Crippen LogP contribution >= 0.6 is 0 Å². The second-order valence-corrected chi connectivity index (χ2v) is 9.14. The number of hydrogen-bond acceptors (Lipinski definition) is 9. The van der Waals surface area contributed by atoms with Crippen molar-refractivity contribution in [2.45, 2.75) is 62.4 Å². The predicted molar refractivity (Wildman–Crippen MR) is 108 cm³/mol. The molecule has 2 rings (SSSR count). The molecule has 1 heterocycles. The van der Waals surface area contributed by atoms with E-state index in [9.17, 15) is 19.2 Å². The number of benzene rings is 1. The number of carbonyl (C=O) groups excluding carboxylic acids is 4. The second kappa shape index (κ2) is 11.8. The van der Waals surface area contributed by atoms with Gasteiger partial charge >= 0.3 is 187 Å². The van der Waals surface area contributed by atoms with Crippen molar-refractivity contribution in [3.05, 3.63) is 35.9 Å². The van der Waals surface area contributed by atoms with Crippen LogP contribution < -0.4 is 0 Å². The fourth-order valence-corrected chi connectivity index (χ4v) is 5.53. The number of ether oxygens (including phenoxy) is 5. The number of hydrogen-bond donors (Lipinski definition) is 0. The van der Waals surface area contributed by atoms with Gasteiger partial charge in [-0.25, -0.2) is 0 Å². The van der Waals surface area contributed by atoms with Gasteiger partial charge in [-0.15, -0.1) is 0 Å². The van der Waals surface area contributed by atoms with Gasteiger partial charge in [0, 0.05) is 0 Å². The van der Waals surface area contributed by atoms with Crippen LogP contribution in [0.5, 0.6) is 0 Å². The summed E-state index contributed by atoms with van der Waals surface area (Å²) < 4.78 is 27.4. The van der Waals surface area contributed by atoms with Crippen LogP contribution in [-0.4, -0.2) is 74.9 Å². The molecule has 0 amide bonds. The monoisotopic (exact) mass is 502 g/mol. The van der Waals surface area contributed by atoms with Crippen LogP contribution in [0.2, 0.25) is 0 Å². The van der Waals surface area contributed by atoms with Gasteiger partial charge in [0.05, 0.1) is 0 Å². The summed E-state index contributed by atoms with van der Waals surface area (Å²) in [5, 5.41) is 0.0232. The summed E-state index contributed by atoms with van der Waals surface area (Å²) >= 11 is -0.254. The van der Waals surface area contributed by atoms with Gasteiger partial charge < -0.3 is 0 Å². The zero-order valence-electron chi connectivity index (χ0n) is 17.8. The Morgan fingerprint density at radius 2 is 1.35 bits per heavy atom. The Balaban J connectivity index is 2.35. The molecule has 3 unspecified atom stereocenters. The van der Waals surface area contributed by atoms with E-state index in [0.29, 0.717) is 5.32 Å². The SMILES string of the molecule is CC(=O)OCC1O[C@H]([Se]Cc2ccccc2)C(OC(C)=O)C(OC(C)=O)[C@@H]1OC(C)=O. The van der Waals surface area contributed by atoms with E-state index in [4.69, 9.17) is 23.7 Å². The van der Waals surface area contributed by atoms with Crippen molar-refractivity contribution in [2.24, 2.45) is 0 Å². The first kappa shape index (κ1) is 24.8. The molecule has 31 heavy (non-hydrogen) atoms. The molecule has 0 aromatic heterocycles. The third-order valence-electron chi connectivity index (χ3n) is 4.21. The Bertz CT molecular complexity index is 782. The van der Waals surface area contributed by atoms with E-state index < -0.39 is 53.3 Å². The standard InChI is InChI=1S/C21H26O9Se/c1-12(22)26-10-17-18(27-13(2)23)19(28-14(3)24)20(29-15(4)25)21(30-17)31-11-16-8-6-5-7-9-16/h5-9,17-21H,10-11H2,1-4H3/t17?,18-,19?,20?,21-/m1/s1. The van der Waals surface area contributed by atoms with Crippen molar-refractivity contribution in [1.29, 1.82) is 0 Å². The summed E-state index contributed by atoms with van der Waals surface area (Å²) in [5.74, 6) is -2.41. The minimum atomic E-state index is -1.12. The molecule has 1 aromatic carbocycles. The second-order valence-electron chi connectivity index (χ2n) is 6.86. The molecule has 1 fully saturated rings. The normalized spacial score (nSPS) is 25.2. The first-order chi connectivity index (χ1) is 14.7. The molecule has 1 aliphatic rings. The molecule has 9 nitrogen and oxygen atoms in total. The van der Waals surface area contributed by atoms with Crippen LogP contribution in [0.4, 0.5) is 0 Å². The molecular weight excluding hydrogens is 475 g/mol. The first-order valence-electron chi connectivity index (χ1n) is 9.63. The predicted octanol–water partition coefficient (Wildman–Crippen LogP) is 0.974. The number of rotatable bonds is 8. The van der Waals surface area contributed by atoms with Crippen LogP contribution in [-0.2, 0) is 48.2 Å². The quantitative estimate of drug-likeness (QED) is 0.292. The van der Waals surface area contributed by atoms with Crippen molar-refractivity contribution in [2.75, 3.05) is 6.61 Å². The van der Waals surface area contributed by atoms with E-state index in [1.165, 1.54) is 27.7 Å². The Morgan fingerprint density at radius 3 is 1.90 bits per heavy atom. The average Bonchev–Trinajstić information content (AvgIpc) is 2.68. The molecule has 0 spiro atoms.